The normalized spacial score (nSPS) is 20.3. The lowest BCUT2D eigenvalue weighted by Gasteiger charge is -2.37. The number of rotatable bonds is 6. The van der Waals surface area contributed by atoms with Crippen LogP contribution >= 0.6 is 12.2 Å². The van der Waals surface area contributed by atoms with Gasteiger partial charge in [0.2, 0.25) is 0 Å². The Hall–Kier alpha value is -3.39. The fourth-order valence-electron chi connectivity index (χ4n) is 5.40. The maximum Gasteiger partial charge on any atom is 0.329 e. The number of thiocarbonyl (C=S) groups is 1. The standard InChI is InChI=1S/C27H29N3O4S/c1-15(2)13-22(26(32)34-4)30-25(31)21-14-19-18-7-5-6-8-20(18)28-23(19)24(29(21)27(30)35)16-9-11-17(33-3)12-10-16/h5-12,15,21-22,24,28H,13-14H2,1-4H3/t21-,22-,24+/m0/s1. The van der Waals surface area contributed by atoms with Gasteiger partial charge in [-0.05, 0) is 53.9 Å². The Labute approximate surface area is 210 Å². The molecular weight excluding hydrogens is 462 g/mol. The summed E-state index contributed by atoms with van der Waals surface area (Å²) in [5.41, 5.74) is 4.14. The Bertz CT molecular complexity index is 1300. The fraction of sp³-hybridized carbons (Fsp3) is 0.370. The largest absolute Gasteiger partial charge is 0.497 e. The summed E-state index contributed by atoms with van der Waals surface area (Å²) in [6.45, 7) is 4.04. The van der Waals surface area contributed by atoms with Crippen molar-refractivity contribution in [1.82, 2.24) is 14.8 Å². The van der Waals surface area contributed by atoms with Crippen LogP contribution < -0.4 is 4.74 Å². The summed E-state index contributed by atoms with van der Waals surface area (Å²) in [6.07, 6.45) is 0.984. The summed E-state index contributed by atoms with van der Waals surface area (Å²) < 4.78 is 10.4. The molecule has 0 saturated carbocycles. The Kier molecular flexibility index (Phi) is 6.01. The van der Waals surface area contributed by atoms with E-state index in [1.807, 2.05) is 61.2 Å². The number of benzene rings is 2. The number of amides is 1. The van der Waals surface area contributed by atoms with Crippen LogP contribution in [-0.2, 0) is 20.7 Å². The molecule has 2 aliphatic heterocycles. The molecule has 1 aromatic heterocycles. The first-order chi connectivity index (χ1) is 16.8. The van der Waals surface area contributed by atoms with E-state index in [1.54, 1.807) is 7.11 Å². The van der Waals surface area contributed by atoms with Gasteiger partial charge in [-0.3, -0.25) is 9.69 Å². The van der Waals surface area contributed by atoms with E-state index >= 15 is 0 Å². The topological polar surface area (TPSA) is 74.9 Å². The molecule has 1 N–H and O–H groups in total. The van der Waals surface area contributed by atoms with Crippen LogP contribution in [0.5, 0.6) is 5.75 Å². The van der Waals surface area contributed by atoms with Crippen molar-refractivity contribution in [2.24, 2.45) is 5.92 Å². The Morgan fingerprint density at radius 1 is 1.14 bits per heavy atom. The second kappa shape index (κ2) is 9.00. The van der Waals surface area contributed by atoms with Crippen molar-refractivity contribution in [3.05, 3.63) is 65.4 Å². The van der Waals surface area contributed by atoms with Crippen LogP contribution in [0.1, 0.15) is 43.1 Å². The average molecular weight is 492 g/mol. The molecule has 0 bridgehead atoms. The van der Waals surface area contributed by atoms with E-state index in [9.17, 15) is 9.59 Å². The molecule has 2 aromatic carbocycles. The number of H-pyrrole nitrogens is 1. The van der Waals surface area contributed by atoms with Crippen LogP contribution in [-0.4, -0.2) is 58.1 Å². The zero-order valence-corrected chi connectivity index (χ0v) is 21.1. The number of fused-ring (bicyclic) bond motifs is 4. The molecule has 8 heteroatoms. The van der Waals surface area contributed by atoms with E-state index in [2.05, 4.69) is 11.1 Å². The highest BCUT2D eigenvalue weighted by Crippen LogP contribution is 2.45. The van der Waals surface area contributed by atoms with Crippen molar-refractivity contribution in [3.8, 4) is 5.75 Å². The number of aromatic nitrogens is 1. The molecular formula is C27H29N3O4S. The van der Waals surface area contributed by atoms with Crippen molar-refractivity contribution in [1.29, 1.82) is 0 Å². The lowest BCUT2D eigenvalue weighted by molar-refractivity contribution is -0.149. The molecule has 3 heterocycles. The minimum atomic E-state index is -0.753. The summed E-state index contributed by atoms with van der Waals surface area (Å²) >= 11 is 5.93. The van der Waals surface area contributed by atoms with E-state index in [0.717, 1.165) is 33.5 Å². The first-order valence-corrected chi connectivity index (χ1v) is 12.2. The van der Waals surface area contributed by atoms with Gasteiger partial charge in [-0.25, -0.2) is 4.79 Å². The van der Waals surface area contributed by atoms with Crippen LogP contribution in [0.3, 0.4) is 0 Å². The predicted molar refractivity (Wildman–Crippen MR) is 137 cm³/mol. The van der Waals surface area contributed by atoms with Gasteiger partial charge in [0.15, 0.2) is 5.11 Å². The SMILES string of the molecule is COC(=O)[C@H](CC(C)C)N1C(=O)[C@@H]2Cc3c([nH]c4ccccc34)[C@@H](c3ccc(OC)cc3)N2C1=S. The number of nitrogens with zero attached hydrogens (tertiary/aromatic N) is 2. The smallest absolute Gasteiger partial charge is 0.329 e. The highest BCUT2D eigenvalue weighted by molar-refractivity contribution is 7.80. The van der Waals surface area contributed by atoms with Gasteiger partial charge in [-0.1, -0.05) is 44.2 Å². The van der Waals surface area contributed by atoms with Crippen molar-refractivity contribution in [2.75, 3.05) is 14.2 Å². The molecule has 2 aliphatic rings. The van der Waals surface area contributed by atoms with E-state index in [0.29, 0.717) is 18.0 Å². The third kappa shape index (κ3) is 3.76. The number of carbonyl (C=O) groups excluding carboxylic acids is 2. The summed E-state index contributed by atoms with van der Waals surface area (Å²) in [7, 11) is 2.99. The monoisotopic (exact) mass is 491 g/mol. The van der Waals surface area contributed by atoms with Crippen molar-refractivity contribution in [3.63, 3.8) is 0 Å². The molecule has 0 spiro atoms. The molecule has 3 atom stereocenters. The third-order valence-electron chi connectivity index (χ3n) is 6.99. The van der Waals surface area contributed by atoms with Crippen molar-refractivity contribution < 1.29 is 19.1 Å². The summed E-state index contributed by atoms with van der Waals surface area (Å²) in [4.78, 5) is 33.8. The quantitative estimate of drug-likeness (QED) is 0.411. The Balaban J connectivity index is 1.65. The number of para-hydroxylation sites is 1. The third-order valence-corrected chi connectivity index (χ3v) is 7.40. The van der Waals surface area contributed by atoms with Crippen molar-refractivity contribution >= 4 is 40.1 Å². The number of nitrogens with one attached hydrogen (secondary N) is 1. The zero-order valence-electron chi connectivity index (χ0n) is 20.3. The van der Waals surface area contributed by atoms with Gasteiger partial charge < -0.3 is 19.4 Å². The van der Waals surface area contributed by atoms with Crippen LogP contribution in [0.4, 0.5) is 0 Å². The fourth-order valence-corrected chi connectivity index (χ4v) is 5.85. The van der Waals surface area contributed by atoms with E-state index in [4.69, 9.17) is 21.7 Å². The molecule has 1 amide bonds. The minimum absolute atomic E-state index is 0.152. The molecule has 182 valence electrons. The Morgan fingerprint density at radius 2 is 1.86 bits per heavy atom. The molecule has 3 aromatic rings. The molecule has 1 saturated heterocycles. The summed E-state index contributed by atoms with van der Waals surface area (Å²) in [6, 6.07) is 14.4. The maximum absolute atomic E-state index is 13.9. The summed E-state index contributed by atoms with van der Waals surface area (Å²) in [5, 5.41) is 1.46. The van der Waals surface area contributed by atoms with Gasteiger partial charge in [0.1, 0.15) is 17.8 Å². The molecule has 0 unspecified atom stereocenters. The van der Waals surface area contributed by atoms with Crippen LogP contribution in [0, 0.1) is 5.92 Å². The van der Waals surface area contributed by atoms with Gasteiger partial charge >= 0.3 is 5.97 Å². The van der Waals surface area contributed by atoms with Gasteiger partial charge in [0.05, 0.1) is 20.3 Å². The van der Waals surface area contributed by atoms with Gasteiger partial charge in [-0.2, -0.15) is 0 Å². The van der Waals surface area contributed by atoms with Crippen molar-refractivity contribution in [2.45, 2.75) is 44.8 Å². The molecule has 35 heavy (non-hydrogen) atoms. The summed E-state index contributed by atoms with van der Waals surface area (Å²) in [5.74, 6) is 0.337. The second-order valence-electron chi connectivity index (χ2n) is 9.53. The average Bonchev–Trinajstić information content (AvgIpc) is 3.35. The lowest BCUT2D eigenvalue weighted by atomic mass is 9.89. The van der Waals surface area contributed by atoms with E-state index in [-0.39, 0.29) is 17.9 Å². The molecule has 7 nitrogen and oxygen atoms in total. The van der Waals surface area contributed by atoms with Crippen LogP contribution in [0.25, 0.3) is 10.9 Å². The molecule has 0 radical (unpaired) electrons. The highest BCUT2D eigenvalue weighted by atomic mass is 32.1. The van der Waals surface area contributed by atoms with Crippen LogP contribution in [0.2, 0.25) is 0 Å². The number of esters is 1. The van der Waals surface area contributed by atoms with Crippen LogP contribution in [0.15, 0.2) is 48.5 Å². The van der Waals surface area contributed by atoms with Gasteiger partial charge in [0, 0.05) is 23.0 Å². The number of hydrogen-bond donors (Lipinski definition) is 1. The lowest BCUT2D eigenvalue weighted by Crippen LogP contribution is -2.47. The highest BCUT2D eigenvalue weighted by Gasteiger charge is 2.53. The first kappa shape index (κ1) is 23.4. The molecule has 5 rings (SSSR count). The Morgan fingerprint density at radius 3 is 2.51 bits per heavy atom. The van der Waals surface area contributed by atoms with Gasteiger partial charge in [0.25, 0.3) is 5.91 Å². The van der Waals surface area contributed by atoms with E-state index < -0.39 is 18.1 Å². The zero-order chi connectivity index (χ0) is 24.9. The molecule has 1 fully saturated rings. The number of methoxy groups -OCH3 is 2. The van der Waals surface area contributed by atoms with Gasteiger partial charge in [-0.15, -0.1) is 0 Å². The predicted octanol–water partition coefficient (Wildman–Crippen LogP) is 4.21. The number of ether oxygens (including phenoxy) is 2. The second-order valence-corrected chi connectivity index (χ2v) is 9.89. The number of aromatic amines is 1. The molecule has 0 aliphatic carbocycles. The van der Waals surface area contributed by atoms with E-state index in [1.165, 1.54) is 12.0 Å². The first-order valence-electron chi connectivity index (χ1n) is 11.8. The maximum atomic E-state index is 13.9. The number of carbonyl (C=O) groups is 2. The number of hydrogen-bond acceptors (Lipinski definition) is 5. The minimum Gasteiger partial charge on any atom is -0.497 e.